The molecule has 0 aliphatic heterocycles. The van der Waals surface area contributed by atoms with E-state index in [0.29, 0.717) is 28.1 Å². The van der Waals surface area contributed by atoms with E-state index in [1.54, 1.807) is 0 Å². The molecule has 2 heterocycles. The molecule has 4 nitrogen and oxygen atoms in total. The Morgan fingerprint density at radius 1 is 0.743 bits per heavy atom. The second-order valence-electron chi connectivity index (χ2n) is 10.1. The number of hydrogen-bond donors (Lipinski definition) is 1. The van der Waals surface area contributed by atoms with Crippen molar-refractivity contribution in [3.05, 3.63) is 72.6 Å². The van der Waals surface area contributed by atoms with Crippen molar-refractivity contribution in [1.82, 2.24) is 15.0 Å². The Kier molecular flexibility index (Phi) is 7.04. The van der Waals surface area contributed by atoms with Crippen LogP contribution < -0.4 is 5.73 Å². The molecule has 0 aliphatic rings. The van der Waals surface area contributed by atoms with E-state index in [2.05, 4.69) is 76.2 Å². The molecule has 2 N–H and O–H groups in total. The first-order valence-electron chi connectivity index (χ1n) is 12.3. The van der Waals surface area contributed by atoms with Gasteiger partial charge in [0, 0.05) is 22.7 Å². The first kappa shape index (κ1) is 24.6. The van der Waals surface area contributed by atoms with Gasteiger partial charge in [0.15, 0.2) is 11.5 Å². The van der Waals surface area contributed by atoms with Crippen LogP contribution in [0.2, 0.25) is 16.6 Å². The van der Waals surface area contributed by atoms with Crippen LogP contribution in [0.15, 0.2) is 66.9 Å². The van der Waals surface area contributed by atoms with Crippen molar-refractivity contribution < 1.29 is 0 Å². The fraction of sp³-hybridized carbons (Fsp3) is 0.300. The number of rotatable bonds is 5. The van der Waals surface area contributed by atoms with Crippen molar-refractivity contribution in [3.63, 3.8) is 0 Å². The minimum Gasteiger partial charge on any atom is -0.381 e. The second kappa shape index (κ2) is 10.0. The fourth-order valence-corrected chi connectivity index (χ4v) is 10.6. The van der Waals surface area contributed by atoms with Gasteiger partial charge >= 0.3 is 0 Å². The summed E-state index contributed by atoms with van der Waals surface area (Å²) in [6.45, 7) is 13.9. The largest absolute Gasteiger partial charge is 0.381 e. The molecule has 4 aromatic rings. The molecule has 0 unspecified atom stereocenters. The third kappa shape index (κ3) is 4.72. The average Bonchev–Trinajstić information content (AvgIpc) is 2.84. The van der Waals surface area contributed by atoms with Crippen LogP contribution in [0, 0.1) is 11.5 Å². The molecule has 0 aliphatic carbocycles. The lowest BCUT2D eigenvalue weighted by Crippen LogP contribution is -2.43. The van der Waals surface area contributed by atoms with Crippen molar-refractivity contribution in [2.24, 2.45) is 0 Å². The van der Waals surface area contributed by atoms with Gasteiger partial charge in [-0.15, -0.1) is 5.54 Å². The molecule has 0 fully saturated rings. The van der Waals surface area contributed by atoms with E-state index >= 15 is 0 Å². The number of fused-ring (bicyclic) bond motifs is 1. The average molecular weight is 479 g/mol. The molecule has 178 valence electrons. The van der Waals surface area contributed by atoms with Crippen molar-refractivity contribution in [2.75, 3.05) is 5.73 Å². The van der Waals surface area contributed by atoms with Gasteiger partial charge in [-0.3, -0.25) is 4.98 Å². The Balaban J connectivity index is 1.94. The topological polar surface area (TPSA) is 64.7 Å². The fourth-order valence-electron chi connectivity index (χ4n) is 5.36. The highest BCUT2D eigenvalue weighted by molar-refractivity contribution is 6.90. The summed E-state index contributed by atoms with van der Waals surface area (Å²) in [7, 11) is -1.94. The minimum atomic E-state index is -1.94. The summed E-state index contributed by atoms with van der Waals surface area (Å²) >= 11 is 0. The molecule has 2 aromatic heterocycles. The maximum Gasteiger partial charge on any atom is 0.158 e. The molecule has 0 saturated carbocycles. The lowest BCUT2D eigenvalue weighted by Gasteiger charge is -2.38. The Morgan fingerprint density at radius 2 is 1.40 bits per heavy atom. The molecule has 0 bridgehead atoms. The van der Waals surface area contributed by atoms with Crippen LogP contribution in [-0.2, 0) is 0 Å². The monoisotopic (exact) mass is 478 g/mol. The summed E-state index contributed by atoms with van der Waals surface area (Å²) < 4.78 is 0. The molecular weight excluding hydrogens is 444 g/mol. The number of nitrogens with zero attached hydrogens (tertiary/aromatic N) is 3. The molecule has 0 spiro atoms. The number of nitrogens with two attached hydrogens (primary N) is 1. The van der Waals surface area contributed by atoms with Crippen molar-refractivity contribution in [1.29, 1.82) is 0 Å². The quantitative estimate of drug-likeness (QED) is 0.238. The second-order valence-corrected chi connectivity index (χ2v) is 15.7. The zero-order valence-electron chi connectivity index (χ0n) is 21.5. The van der Waals surface area contributed by atoms with Crippen molar-refractivity contribution in [3.8, 4) is 34.0 Å². The van der Waals surface area contributed by atoms with Crippen LogP contribution in [0.3, 0.4) is 0 Å². The summed E-state index contributed by atoms with van der Waals surface area (Å²) in [5.41, 5.74) is 16.8. The van der Waals surface area contributed by atoms with Gasteiger partial charge in [-0.1, -0.05) is 89.9 Å². The predicted molar refractivity (Wildman–Crippen MR) is 151 cm³/mol. The molecule has 35 heavy (non-hydrogen) atoms. The lowest BCUT2D eigenvalue weighted by molar-refractivity contribution is 0.838. The van der Waals surface area contributed by atoms with E-state index in [1.807, 2.05) is 48.7 Å². The molecular formula is C30H34N4Si. The Morgan fingerprint density at radius 3 is 2.06 bits per heavy atom. The van der Waals surface area contributed by atoms with E-state index in [0.717, 1.165) is 33.4 Å². The number of hydrogen-bond acceptors (Lipinski definition) is 4. The van der Waals surface area contributed by atoms with Gasteiger partial charge < -0.3 is 5.73 Å². The minimum absolute atomic E-state index is 0.377. The van der Waals surface area contributed by atoms with Crippen LogP contribution >= 0.6 is 0 Å². The van der Waals surface area contributed by atoms with E-state index < -0.39 is 8.07 Å². The molecule has 0 atom stereocenters. The third-order valence-corrected chi connectivity index (χ3v) is 13.4. The first-order chi connectivity index (χ1) is 16.7. The van der Waals surface area contributed by atoms with E-state index in [1.165, 1.54) is 0 Å². The first-order valence-corrected chi connectivity index (χ1v) is 14.6. The van der Waals surface area contributed by atoms with Crippen molar-refractivity contribution >= 4 is 24.8 Å². The number of aromatic nitrogens is 3. The molecule has 5 heteroatoms. The van der Waals surface area contributed by atoms with Gasteiger partial charge in [-0.05, 0) is 34.8 Å². The summed E-state index contributed by atoms with van der Waals surface area (Å²) in [4.78, 5) is 14.4. The van der Waals surface area contributed by atoms with Crippen LogP contribution in [-0.4, -0.2) is 23.0 Å². The Bertz CT molecular complexity index is 1380. The van der Waals surface area contributed by atoms with Crippen molar-refractivity contribution in [2.45, 2.75) is 58.2 Å². The summed E-state index contributed by atoms with van der Waals surface area (Å²) in [5, 5.41) is 1.06. The van der Waals surface area contributed by atoms with Gasteiger partial charge in [0.2, 0.25) is 0 Å². The highest BCUT2D eigenvalue weighted by atomic mass is 28.3. The Labute approximate surface area is 210 Å². The predicted octanol–water partition coefficient (Wildman–Crippen LogP) is 7.51. The maximum atomic E-state index is 6.48. The van der Waals surface area contributed by atoms with Gasteiger partial charge in [0.25, 0.3) is 0 Å². The number of anilines is 1. The third-order valence-electron chi connectivity index (χ3n) is 7.11. The zero-order valence-corrected chi connectivity index (χ0v) is 22.5. The number of benzene rings is 2. The van der Waals surface area contributed by atoms with Gasteiger partial charge in [-0.2, -0.15) is 0 Å². The normalized spacial score (nSPS) is 11.8. The molecule has 0 saturated heterocycles. The van der Waals surface area contributed by atoms with Crippen LogP contribution in [0.5, 0.6) is 0 Å². The molecule has 0 amide bonds. The SMILES string of the molecule is CC(C)[Si](C#Cc1nc(-c2ccc3ncccc3c2)c(-c2ccccc2)nc1N)(C(C)C)C(C)C. The zero-order chi connectivity index (χ0) is 25.2. The van der Waals surface area contributed by atoms with E-state index in [-0.39, 0.29) is 0 Å². The molecule has 0 radical (unpaired) electrons. The number of pyridine rings is 1. The number of nitrogen functional groups attached to an aromatic ring is 1. The van der Waals surface area contributed by atoms with Crippen LogP contribution in [0.25, 0.3) is 33.4 Å². The van der Waals surface area contributed by atoms with Gasteiger partial charge in [0.1, 0.15) is 8.07 Å². The summed E-state index contributed by atoms with van der Waals surface area (Å²) in [6, 6.07) is 20.3. The molecule has 4 rings (SSSR count). The highest BCUT2D eigenvalue weighted by Gasteiger charge is 2.41. The standard InChI is InChI=1S/C30H34N4Si/c1-20(2)35(21(3)4,22(5)6)18-16-27-30(31)34-28(23-11-8-7-9-12-23)29(33-27)25-14-15-26-24(19-25)13-10-17-32-26/h7-15,17,19-22H,1-6H3,(H2,31,34). The smallest absolute Gasteiger partial charge is 0.158 e. The van der Waals surface area contributed by atoms with Gasteiger partial charge in [0.05, 0.1) is 16.9 Å². The maximum absolute atomic E-state index is 6.48. The highest BCUT2D eigenvalue weighted by Crippen LogP contribution is 2.41. The summed E-state index contributed by atoms with van der Waals surface area (Å²) in [6.07, 6.45) is 1.81. The van der Waals surface area contributed by atoms with E-state index in [9.17, 15) is 0 Å². The Hall–Kier alpha value is -3.49. The van der Waals surface area contributed by atoms with Gasteiger partial charge in [-0.25, -0.2) is 9.97 Å². The van der Waals surface area contributed by atoms with E-state index in [4.69, 9.17) is 15.7 Å². The summed E-state index contributed by atoms with van der Waals surface area (Å²) in [5.74, 6) is 3.80. The van der Waals surface area contributed by atoms with Crippen LogP contribution in [0.4, 0.5) is 5.82 Å². The van der Waals surface area contributed by atoms with Crippen LogP contribution in [0.1, 0.15) is 47.2 Å². The molecule has 2 aromatic carbocycles. The lowest BCUT2D eigenvalue weighted by atomic mass is 10.0.